The van der Waals surface area contributed by atoms with E-state index in [-0.39, 0.29) is 6.03 Å². The van der Waals surface area contributed by atoms with Crippen LogP contribution in [0.1, 0.15) is 0 Å². The molecule has 1 heterocycles. The van der Waals surface area contributed by atoms with Crippen molar-refractivity contribution < 1.29 is 4.79 Å². The molecule has 2 aromatic rings. The van der Waals surface area contributed by atoms with Gasteiger partial charge in [-0.05, 0) is 23.7 Å². The second-order valence-corrected chi connectivity index (χ2v) is 3.54. The Hall–Kier alpha value is -1.62. The fraction of sp³-hybridized carbons (Fsp3) is 0.111. The first kappa shape index (κ1) is 8.96. The van der Waals surface area contributed by atoms with E-state index >= 15 is 0 Å². The molecule has 2 amide bonds. The number of hydrogen-bond acceptors (Lipinski definition) is 3. The van der Waals surface area contributed by atoms with Crippen molar-refractivity contribution in [2.24, 2.45) is 0 Å². The van der Waals surface area contributed by atoms with E-state index in [1.54, 1.807) is 7.05 Å². The first-order valence-electron chi connectivity index (χ1n) is 4.14. The highest BCUT2D eigenvalue weighted by molar-refractivity contribution is 7.13. The number of amides is 2. The number of benzene rings is 1. The van der Waals surface area contributed by atoms with Crippen molar-refractivity contribution in [2.45, 2.75) is 0 Å². The molecule has 14 heavy (non-hydrogen) atoms. The zero-order valence-corrected chi connectivity index (χ0v) is 8.39. The maximum Gasteiger partial charge on any atom is 0.320 e. The molecule has 1 aromatic heterocycles. The summed E-state index contributed by atoms with van der Waals surface area (Å²) in [6, 6.07) is 7.53. The summed E-state index contributed by atoms with van der Waals surface area (Å²) in [6.45, 7) is 0. The predicted octanol–water partition coefficient (Wildman–Crippen LogP) is 2.05. The standard InChI is InChI=1S/C9H9N3OS/c1-10-9(13)11-8-6-4-2-3-5-7(6)14-12-8/h2-5H,1H3,(H2,10,11,12,13). The molecule has 0 aliphatic heterocycles. The van der Waals surface area contributed by atoms with Crippen molar-refractivity contribution >= 4 is 33.5 Å². The number of hydrogen-bond donors (Lipinski definition) is 2. The third kappa shape index (κ3) is 1.54. The Kier molecular flexibility index (Phi) is 2.32. The fourth-order valence-corrected chi connectivity index (χ4v) is 1.88. The monoisotopic (exact) mass is 207 g/mol. The molecule has 0 saturated carbocycles. The van der Waals surface area contributed by atoms with E-state index in [0.29, 0.717) is 5.82 Å². The van der Waals surface area contributed by atoms with Crippen LogP contribution in [0.4, 0.5) is 10.6 Å². The number of carbonyl (C=O) groups is 1. The maximum absolute atomic E-state index is 11.1. The molecule has 0 bridgehead atoms. The van der Waals surface area contributed by atoms with E-state index in [1.165, 1.54) is 11.5 Å². The van der Waals surface area contributed by atoms with Crippen molar-refractivity contribution in [3.63, 3.8) is 0 Å². The lowest BCUT2D eigenvalue weighted by Crippen LogP contribution is -2.24. The Bertz CT molecular complexity index is 466. The normalized spacial score (nSPS) is 10.1. The fourth-order valence-electron chi connectivity index (χ4n) is 1.15. The van der Waals surface area contributed by atoms with Gasteiger partial charge in [-0.15, -0.1) is 0 Å². The van der Waals surface area contributed by atoms with Crippen LogP contribution in [0.3, 0.4) is 0 Å². The second-order valence-electron chi connectivity index (χ2n) is 2.73. The summed E-state index contributed by atoms with van der Waals surface area (Å²) in [5.41, 5.74) is 0. The van der Waals surface area contributed by atoms with Crippen LogP contribution in [0.2, 0.25) is 0 Å². The molecule has 0 aliphatic carbocycles. The molecular weight excluding hydrogens is 198 g/mol. The molecule has 0 aliphatic rings. The van der Waals surface area contributed by atoms with Gasteiger partial charge in [0, 0.05) is 12.4 Å². The lowest BCUT2D eigenvalue weighted by Gasteiger charge is -1.99. The van der Waals surface area contributed by atoms with Crippen molar-refractivity contribution in [3.8, 4) is 0 Å². The van der Waals surface area contributed by atoms with Crippen LogP contribution >= 0.6 is 11.5 Å². The summed E-state index contributed by atoms with van der Waals surface area (Å²) in [7, 11) is 1.57. The van der Waals surface area contributed by atoms with Gasteiger partial charge in [-0.25, -0.2) is 4.79 Å². The van der Waals surface area contributed by atoms with Crippen LogP contribution in [0.5, 0.6) is 0 Å². The van der Waals surface area contributed by atoms with Gasteiger partial charge in [-0.1, -0.05) is 12.1 Å². The molecule has 1 aromatic carbocycles. The number of nitrogens with one attached hydrogen (secondary N) is 2. The smallest absolute Gasteiger partial charge is 0.320 e. The first-order chi connectivity index (χ1) is 6.81. The van der Waals surface area contributed by atoms with Gasteiger partial charge in [0.25, 0.3) is 0 Å². The van der Waals surface area contributed by atoms with Gasteiger partial charge in [0.1, 0.15) is 0 Å². The predicted molar refractivity (Wildman–Crippen MR) is 57.7 cm³/mol. The summed E-state index contributed by atoms with van der Waals surface area (Å²) in [4.78, 5) is 11.1. The van der Waals surface area contributed by atoms with E-state index < -0.39 is 0 Å². The number of nitrogens with zero attached hydrogens (tertiary/aromatic N) is 1. The summed E-state index contributed by atoms with van der Waals surface area (Å²) in [5, 5.41) is 6.12. The SMILES string of the molecule is CNC(=O)Nc1nsc2ccccc12. The largest absolute Gasteiger partial charge is 0.341 e. The number of fused-ring (bicyclic) bond motifs is 1. The minimum absolute atomic E-state index is 0.249. The van der Waals surface area contributed by atoms with Crippen LogP contribution in [0.15, 0.2) is 24.3 Å². The molecule has 0 fully saturated rings. The van der Waals surface area contributed by atoms with Crippen LogP contribution in [0.25, 0.3) is 10.1 Å². The number of anilines is 1. The van der Waals surface area contributed by atoms with E-state index in [1.807, 2.05) is 24.3 Å². The molecule has 0 radical (unpaired) electrons. The molecule has 0 unspecified atom stereocenters. The maximum atomic E-state index is 11.1. The minimum Gasteiger partial charge on any atom is -0.341 e. The summed E-state index contributed by atoms with van der Waals surface area (Å²) in [6.07, 6.45) is 0. The molecule has 4 nitrogen and oxygen atoms in total. The Morgan fingerprint density at radius 1 is 1.43 bits per heavy atom. The molecule has 2 N–H and O–H groups in total. The summed E-state index contributed by atoms with van der Waals surface area (Å²) < 4.78 is 5.22. The Balaban J connectivity index is 2.38. The van der Waals surface area contributed by atoms with Crippen LogP contribution in [-0.4, -0.2) is 17.5 Å². The van der Waals surface area contributed by atoms with E-state index in [2.05, 4.69) is 15.0 Å². The van der Waals surface area contributed by atoms with Crippen molar-refractivity contribution in [1.29, 1.82) is 0 Å². The van der Waals surface area contributed by atoms with Gasteiger partial charge < -0.3 is 5.32 Å². The molecule has 0 saturated heterocycles. The topological polar surface area (TPSA) is 54.0 Å². The van der Waals surface area contributed by atoms with Crippen molar-refractivity contribution in [1.82, 2.24) is 9.69 Å². The number of rotatable bonds is 1. The van der Waals surface area contributed by atoms with E-state index in [0.717, 1.165) is 10.1 Å². The van der Waals surface area contributed by atoms with Crippen LogP contribution < -0.4 is 10.6 Å². The van der Waals surface area contributed by atoms with E-state index in [4.69, 9.17) is 0 Å². The Morgan fingerprint density at radius 2 is 2.21 bits per heavy atom. The van der Waals surface area contributed by atoms with Gasteiger partial charge in [0.15, 0.2) is 5.82 Å². The van der Waals surface area contributed by atoms with Gasteiger partial charge >= 0.3 is 6.03 Å². The minimum atomic E-state index is -0.249. The first-order valence-corrected chi connectivity index (χ1v) is 4.92. The lowest BCUT2D eigenvalue weighted by molar-refractivity contribution is 0.254. The van der Waals surface area contributed by atoms with Gasteiger partial charge in [0.2, 0.25) is 0 Å². The number of aromatic nitrogens is 1. The molecule has 0 atom stereocenters. The number of carbonyl (C=O) groups excluding carboxylic acids is 1. The highest BCUT2D eigenvalue weighted by Crippen LogP contribution is 2.25. The average molecular weight is 207 g/mol. The molecular formula is C9H9N3OS. The highest BCUT2D eigenvalue weighted by atomic mass is 32.1. The average Bonchev–Trinajstić information content (AvgIpc) is 2.62. The lowest BCUT2D eigenvalue weighted by atomic mass is 10.3. The van der Waals surface area contributed by atoms with Gasteiger partial charge in [0.05, 0.1) is 4.70 Å². The summed E-state index contributed by atoms with van der Waals surface area (Å²) >= 11 is 1.37. The third-order valence-electron chi connectivity index (χ3n) is 1.84. The summed E-state index contributed by atoms with van der Waals surface area (Å²) in [5.74, 6) is 0.616. The zero-order chi connectivity index (χ0) is 9.97. The van der Waals surface area contributed by atoms with E-state index in [9.17, 15) is 4.79 Å². The molecule has 0 spiro atoms. The quantitative estimate of drug-likeness (QED) is 0.752. The zero-order valence-electron chi connectivity index (χ0n) is 7.57. The Morgan fingerprint density at radius 3 is 3.00 bits per heavy atom. The molecule has 2 rings (SSSR count). The van der Waals surface area contributed by atoms with Gasteiger partial charge in [-0.2, -0.15) is 4.37 Å². The second kappa shape index (κ2) is 3.63. The highest BCUT2D eigenvalue weighted by Gasteiger charge is 2.06. The van der Waals surface area contributed by atoms with Crippen molar-refractivity contribution in [2.75, 3.05) is 12.4 Å². The number of urea groups is 1. The molecule has 5 heteroatoms. The van der Waals surface area contributed by atoms with Gasteiger partial charge in [-0.3, -0.25) is 5.32 Å². The van der Waals surface area contributed by atoms with Crippen LogP contribution in [-0.2, 0) is 0 Å². The Labute approximate surface area is 85.1 Å². The van der Waals surface area contributed by atoms with Crippen LogP contribution in [0, 0.1) is 0 Å². The third-order valence-corrected chi connectivity index (χ3v) is 2.66. The van der Waals surface area contributed by atoms with Crippen molar-refractivity contribution in [3.05, 3.63) is 24.3 Å². The molecule has 72 valence electrons.